The van der Waals surface area contributed by atoms with E-state index in [1.807, 2.05) is 0 Å². The number of carbonyl (C=O) groups excluding carboxylic acids is 2. The van der Waals surface area contributed by atoms with Crippen LogP contribution in [-0.4, -0.2) is 48.7 Å². The second-order valence-corrected chi connectivity index (χ2v) is 7.89. The standard InChI is InChI=1S/C22H21ClF3N3O4/c1-3-32-20(31)21(2)13-29(28-19(21)14-4-6-15(23)7-5-14)12-18(30)27-16-8-10-17(11-9-16)33-22(24,25)26/h4-11H,3,12-13H2,1-2H3,(H,27,30). The normalized spacial score (nSPS) is 18.0. The molecule has 7 nitrogen and oxygen atoms in total. The lowest BCUT2D eigenvalue weighted by molar-refractivity contribution is -0.274. The maximum Gasteiger partial charge on any atom is 0.573 e. The molecule has 0 radical (unpaired) electrons. The number of ether oxygens (including phenoxy) is 2. The Hall–Kier alpha value is -3.27. The summed E-state index contributed by atoms with van der Waals surface area (Å²) in [5.41, 5.74) is 0.279. The lowest BCUT2D eigenvalue weighted by atomic mass is 9.82. The molecule has 0 aliphatic carbocycles. The minimum Gasteiger partial charge on any atom is -0.465 e. The van der Waals surface area contributed by atoms with Gasteiger partial charge in [0.15, 0.2) is 0 Å². The quantitative estimate of drug-likeness (QED) is 0.588. The number of alkyl halides is 3. The Balaban J connectivity index is 1.72. The molecule has 2 aromatic rings. The third-order valence-electron chi connectivity index (χ3n) is 4.80. The van der Waals surface area contributed by atoms with Gasteiger partial charge < -0.3 is 14.8 Å². The average Bonchev–Trinajstić information content (AvgIpc) is 3.06. The third kappa shape index (κ3) is 6.16. The molecule has 0 bridgehead atoms. The number of hydrogen-bond acceptors (Lipinski definition) is 6. The van der Waals surface area contributed by atoms with Gasteiger partial charge in [0.2, 0.25) is 5.91 Å². The molecule has 1 unspecified atom stereocenters. The first-order valence-corrected chi connectivity index (χ1v) is 10.3. The van der Waals surface area contributed by atoms with Crippen LogP contribution >= 0.6 is 11.6 Å². The van der Waals surface area contributed by atoms with E-state index in [0.29, 0.717) is 16.3 Å². The van der Waals surface area contributed by atoms with Crippen LogP contribution in [0.4, 0.5) is 18.9 Å². The van der Waals surface area contributed by atoms with E-state index in [0.717, 1.165) is 12.1 Å². The molecule has 3 rings (SSSR count). The Kier molecular flexibility index (Phi) is 7.16. The van der Waals surface area contributed by atoms with E-state index < -0.39 is 29.4 Å². The smallest absolute Gasteiger partial charge is 0.465 e. The van der Waals surface area contributed by atoms with Crippen LogP contribution in [0.25, 0.3) is 0 Å². The molecule has 0 spiro atoms. The number of esters is 1. The van der Waals surface area contributed by atoms with Crippen LogP contribution in [-0.2, 0) is 14.3 Å². The number of amides is 1. The highest BCUT2D eigenvalue weighted by atomic mass is 35.5. The highest BCUT2D eigenvalue weighted by Crippen LogP contribution is 2.33. The lowest BCUT2D eigenvalue weighted by Crippen LogP contribution is -2.41. The predicted molar refractivity (Wildman–Crippen MR) is 116 cm³/mol. The molecule has 0 aromatic heterocycles. The molecule has 11 heteroatoms. The molecule has 1 amide bonds. The Morgan fingerprint density at radius 3 is 2.36 bits per heavy atom. The number of nitrogens with zero attached hydrogens (tertiary/aromatic N) is 2. The summed E-state index contributed by atoms with van der Waals surface area (Å²) in [7, 11) is 0. The zero-order chi connectivity index (χ0) is 24.2. The summed E-state index contributed by atoms with van der Waals surface area (Å²) < 4.78 is 45.9. The van der Waals surface area contributed by atoms with Crippen molar-refractivity contribution in [2.45, 2.75) is 20.2 Å². The van der Waals surface area contributed by atoms with Gasteiger partial charge in [0.25, 0.3) is 0 Å². The van der Waals surface area contributed by atoms with Crippen molar-refractivity contribution in [3.05, 3.63) is 59.1 Å². The van der Waals surface area contributed by atoms with Crippen LogP contribution in [0.15, 0.2) is 53.6 Å². The highest BCUT2D eigenvalue weighted by molar-refractivity contribution is 6.30. The molecule has 1 heterocycles. The maximum atomic E-state index is 12.7. The molecule has 0 saturated carbocycles. The van der Waals surface area contributed by atoms with Gasteiger partial charge in [-0.25, -0.2) is 0 Å². The topological polar surface area (TPSA) is 80.2 Å². The Labute approximate surface area is 193 Å². The van der Waals surface area contributed by atoms with Gasteiger partial charge in [-0.05, 0) is 55.8 Å². The summed E-state index contributed by atoms with van der Waals surface area (Å²) in [5.74, 6) is -1.34. The third-order valence-corrected chi connectivity index (χ3v) is 5.06. The molecule has 1 aliphatic rings. The van der Waals surface area contributed by atoms with Gasteiger partial charge in [-0.1, -0.05) is 23.7 Å². The average molecular weight is 484 g/mol. The van der Waals surface area contributed by atoms with Gasteiger partial charge in [-0.2, -0.15) is 5.10 Å². The Morgan fingerprint density at radius 2 is 1.79 bits per heavy atom. The fourth-order valence-electron chi connectivity index (χ4n) is 3.36. The minimum absolute atomic E-state index is 0.107. The van der Waals surface area contributed by atoms with E-state index in [2.05, 4.69) is 15.2 Å². The van der Waals surface area contributed by atoms with Crippen LogP contribution in [0.1, 0.15) is 19.4 Å². The molecule has 0 fully saturated rings. The van der Waals surface area contributed by atoms with E-state index in [4.69, 9.17) is 16.3 Å². The van der Waals surface area contributed by atoms with Crippen LogP contribution in [0.3, 0.4) is 0 Å². The maximum absolute atomic E-state index is 12.7. The van der Waals surface area contributed by atoms with E-state index in [1.165, 1.54) is 17.1 Å². The van der Waals surface area contributed by atoms with Crippen molar-refractivity contribution in [1.29, 1.82) is 0 Å². The van der Waals surface area contributed by atoms with Gasteiger partial charge >= 0.3 is 12.3 Å². The number of carbonyl (C=O) groups is 2. The van der Waals surface area contributed by atoms with Crippen molar-refractivity contribution in [3.63, 3.8) is 0 Å². The number of anilines is 1. The summed E-state index contributed by atoms with van der Waals surface area (Å²) in [4.78, 5) is 25.2. The van der Waals surface area contributed by atoms with Crippen LogP contribution in [0.5, 0.6) is 5.75 Å². The van der Waals surface area contributed by atoms with Gasteiger partial charge in [0.1, 0.15) is 17.7 Å². The van der Waals surface area contributed by atoms with Crippen molar-refractivity contribution in [2.24, 2.45) is 10.5 Å². The summed E-state index contributed by atoms with van der Waals surface area (Å²) in [6, 6.07) is 11.6. The molecule has 1 aliphatic heterocycles. The zero-order valence-corrected chi connectivity index (χ0v) is 18.5. The van der Waals surface area contributed by atoms with Crippen LogP contribution in [0.2, 0.25) is 5.02 Å². The first kappa shape index (κ1) is 24.4. The van der Waals surface area contributed by atoms with Crippen molar-refractivity contribution in [2.75, 3.05) is 25.0 Å². The fraction of sp³-hybridized carbons (Fsp3) is 0.318. The van der Waals surface area contributed by atoms with Crippen molar-refractivity contribution >= 4 is 34.9 Å². The zero-order valence-electron chi connectivity index (χ0n) is 17.8. The summed E-state index contributed by atoms with van der Waals surface area (Å²) in [6.07, 6.45) is -4.80. The van der Waals surface area contributed by atoms with Gasteiger partial charge in [0.05, 0.1) is 18.9 Å². The number of rotatable bonds is 7. The largest absolute Gasteiger partial charge is 0.573 e. The summed E-state index contributed by atoms with van der Waals surface area (Å²) >= 11 is 5.96. The SMILES string of the molecule is CCOC(=O)C1(C)CN(CC(=O)Nc2ccc(OC(F)(F)F)cc2)N=C1c1ccc(Cl)cc1. The van der Waals surface area contributed by atoms with E-state index in [-0.39, 0.29) is 25.4 Å². The number of benzene rings is 2. The monoisotopic (exact) mass is 483 g/mol. The van der Waals surface area contributed by atoms with Gasteiger partial charge in [-0.15, -0.1) is 13.2 Å². The lowest BCUT2D eigenvalue weighted by Gasteiger charge is -2.24. The molecule has 1 N–H and O–H groups in total. The number of nitrogens with one attached hydrogen (secondary N) is 1. The van der Waals surface area contributed by atoms with Crippen LogP contribution in [0, 0.1) is 5.41 Å². The predicted octanol–water partition coefficient (Wildman–Crippen LogP) is 4.47. The van der Waals surface area contributed by atoms with Gasteiger partial charge in [-0.3, -0.25) is 14.6 Å². The van der Waals surface area contributed by atoms with Crippen molar-refractivity contribution in [1.82, 2.24) is 5.01 Å². The molecule has 176 valence electrons. The Morgan fingerprint density at radius 1 is 1.15 bits per heavy atom. The minimum atomic E-state index is -4.80. The van der Waals surface area contributed by atoms with Gasteiger partial charge in [0, 0.05) is 10.7 Å². The van der Waals surface area contributed by atoms with Crippen molar-refractivity contribution in [3.8, 4) is 5.75 Å². The molecule has 33 heavy (non-hydrogen) atoms. The highest BCUT2D eigenvalue weighted by Gasteiger charge is 2.47. The molecular weight excluding hydrogens is 463 g/mol. The van der Waals surface area contributed by atoms with E-state index in [1.54, 1.807) is 38.1 Å². The molecule has 0 saturated heterocycles. The summed E-state index contributed by atoms with van der Waals surface area (Å²) in [5, 5.41) is 9.03. The number of halogens is 4. The first-order chi connectivity index (χ1) is 15.5. The molecule has 1 atom stereocenters. The second-order valence-electron chi connectivity index (χ2n) is 7.45. The van der Waals surface area contributed by atoms with E-state index in [9.17, 15) is 22.8 Å². The number of hydrazone groups is 1. The first-order valence-electron chi connectivity index (χ1n) is 9.93. The Bertz CT molecular complexity index is 1040. The second kappa shape index (κ2) is 9.70. The van der Waals surface area contributed by atoms with Crippen molar-refractivity contribution < 1.29 is 32.2 Å². The number of hydrogen-bond donors (Lipinski definition) is 1. The van der Waals surface area contributed by atoms with E-state index >= 15 is 0 Å². The molecule has 2 aromatic carbocycles. The summed E-state index contributed by atoms with van der Waals surface area (Å²) in [6.45, 7) is 3.50. The molecular formula is C22H21ClF3N3O4. The fourth-order valence-corrected chi connectivity index (χ4v) is 3.49. The van der Waals surface area contributed by atoms with Crippen LogP contribution < -0.4 is 10.1 Å².